The van der Waals surface area contributed by atoms with E-state index in [9.17, 15) is 13.2 Å². The minimum Gasteiger partial charge on any atom is -0.384 e. The second-order valence-electron chi connectivity index (χ2n) is 1.39. The van der Waals surface area contributed by atoms with Gasteiger partial charge < -0.3 is 9.26 Å². The molecule has 1 aromatic rings. The molecule has 0 spiro atoms. The zero-order chi connectivity index (χ0) is 7.61. The van der Waals surface area contributed by atoms with E-state index in [4.69, 9.17) is 0 Å². The van der Waals surface area contributed by atoms with E-state index in [1.807, 2.05) is 0 Å². The first-order valence-electron chi connectivity index (χ1n) is 2.24. The van der Waals surface area contributed by atoms with Gasteiger partial charge in [-0.05, 0) is 5.16 Å². The van der Waals surface area contributed by atoms with Crippen molar-refractivity contribution in [1.82, 2.24) is 5.16 Å². The molecule has 10 heavy (non-hydrogen) atoms. The van der Waals surface area contributed by atoms with Crippen LogP contribution in [0.3, 0.4) is 0 Å². The third kappa shape index (κ3) is 1.96. The van der Waals surface area contributed by atoms with Crippen molar-refractivity contribution in [3.8, 4) is 5.88 Å². The van der Waals surface area contributed by atoms with E-state index in [0.29, 0.717) is 0 Å². The molecule has 1 rings (SSSR count). The number of hydrogen-bond donors (Lipinski definition) is 0. The van der Waals surface area contributed by atoms with Crippen LogP contribution in [-0.2, 0) is 0 Å². The van der Waals surface area contributed by atoms with Gasteiger partial charge in [0.2, 0.25) is 0 Å². The van der Waals surface area contributed by atoms with Crippen LogP contribution in [0, 0.1) is 0 Å². The molecular weight excluding hydrogens is 151 g/mol. The molecule has 1 aromatic heterocycles. The van der Waals surface area contributed by atoms with Gasteiger partial charge in [0, 0.05) is 6.07 Å². The predicted molar refractivity (Wildman–Crippen MR) is 23.2 cm³/mol. The lowest BCUT2D eigenvalue weighted by Gasteiger charge is -2.02. The molecule has 6 heteroatoms. The second kappa shape index (κ2) is 2.20. The lowest BCUT2D eigenvalue weighted by atomic mass is 10.7. The average Bonchev–Trinajstić information content (AvgIpc) is 2.12. The van der Waals surface area contributed by atoms with Crippen molar-refractivity contribution in [2.75, 3.05) is 0 Å². The van der Waals surface area contributed by atoms with Gasteiger partial charge in [0.25, 0.3) is 5.88 Å². The highest BCUT2D eigenvalue weighted by atomic mass is 19.4. The van der Waals surface area contributed by atoms with Gasteiger partial charge in [0.05, 0.1) is 0 Å². The summed E-state index contributed by atoms with van der Waals surface area (Å²) < 4.78 is 41.4. The van der Waals surface area contributed by atoms with Gasteiger partial charge in [0.1, 0.15) is 6.26 Å². The molecule has 0 atom stereocenters. The maximum absolute atomic E-state index is 11.3. The van der Waals surface area contributed by atoms with Gasteiger partial charge in [-0.3, -0.25) is 0 Å². The third-order valence-corrected chi connectivity index (χ3v) is 0.634. The van der Waals surface area contributed by atoms with Gasteiger partial charge >= 0.3 is 6.36 Å². The molecule has 0 radical (unpaired) electrons. The molecule has 0 N–H and O–H groups in total. The number of nitrogens with zero attached hydrogens (tertiary/aromatic N) is 1. The number of rotatable bonds is 1. The Labute approximate surface area is 53.4 Å². The maximum Gasteiger partial charge on any atom is 0.574 e. The van der Waals surface area contributed by atoms with Gasteiger partial charge in [-0.15, -0.1) is 13.2 Å². The van der Waals surface area contributed by atoms with Crippen LogP contribution in [0.4, 0.5) is 13.2 Å². The summed E-state index contributed by atoms with van der Waals surface area (Å²) in [6.07, 6.45) is -3.71. The fraction of sp³-hybridized carbons (Fsp3) is 0.250. The Kier molecular flexibility index (Phi) is 1.52. The SMILES string of the molecule is FC(F)(F)Oc1ccon1. The highest BCUT2D eigenvalue weighted by Gasteiger charge is 2.32. The summed E-state index contributed by atoms with van der Waals surface area (Å²) in [6, 6.07) is 0.966. The van der Waals surface area contributed by atoms with Gasteiger partial charge in [-0.2, -0.15) is 0 Å². The molecule has 0 saturated heterocycles. The number of ether oxygens (including phenoxy) is 1. The van der Waals surface area contributed by atoms with E-state index in [1.54, 1.807) is 0 Å². The molecule has 56 valence electrons. The monoisotopic (exact) mass is 153 g/mol. The topological polar surface area (TPSA) is 35.3 Å². The van der Waals surface area contributed by atoms with Crippen molar-refractivity contribution in [2.24, 2.45) is 0 Å². The molecule has 0 fully saturated rings. The van der Waals surface area contributed by atoms with Crippen LogP contribution in [0.5, 0.6) is 5.88 Å². The number of hydrogen-bond acceptors (Lipinski definition) is 3. The minimum absolute atomic E-state index is 0.590. The minimum atomic E-state index is -4.70. The van der Waals surface area contributed by atoms with Crippen molar-refractivity contribution in [3.63, 3.8) is 0 Å². The molecule has 1 heterocycles. The first kappa shape index (κ1) is 6.91. The highest BCUT2D eigenvalue weighted by molar-refractivity contribution is 5.01. The normalized spacial score (nSPS) is 11.5. The lowest BCUT2D eigenvalue weighted by molar-refractivity contribution is -0.276. The first-order chi connectivity index (χ1) is 4.58. The second-order valence-corrected chi connectivity index (χ2v) is 1.39. The Bertz CT molecular complexity index is 193. The summed E-state index contributed by atoms with van der Waals surface area (Å²) in [4.78, 5) is 0. The summed E-state index contributed by atoms with van der Waals surface area (Å²) in [5.41, 5.74) is 0. The van der Waals surface area contributed by atoms with Crippen LogP contribution >= 0.6 is 0 Å². The fourth-order valence-corrected chi connectivity index (χ4v) is 0.373. The maximum atomic E-state index is 11.3. The van der Waals surface area contributed by atoms with Crippen LogP contribution in [0.25, 0.3) is 0 Å². The van der Waals surface area contributed by atoms with Crippen LogP contribution in [0.1, 0.15) is 0 Å². The van der Waals surface area contributed by atoms with Gasteiger partial charge in [-0.1, -0.05) is 0 Å². The molecule has 3 nitrogen and oxygen atoms in total. The summed E-state index contributed by atoms with van der Waals surface area (Å²) >= 11 is 0. The highest BCUT2D eigenvalue weighted by Crippen LogP contribution is 2.19. The Balaban J connectivity index is 2.57. The molecule has 0 aromatic carbocycles. The summed E-state index contributed by atoms with van der Waals surface area (Å²) in [6.45, 7) is 0. The van der Waals surface area contributed by atoms with Crippen molar-refractivity contribution < 1.29 is 22.4 Å². The number of alkyl halides is 3. The van der Waals surface area contributed by atoms with E-state index in [2.05, 4.69) is 14.4 Å². The van der Waals surface area contributed by atoms with Crippen molar-refractivity contribution in [1.29, 1.82) is 0 Å². The van der Waals surface area contributed by atoms with E-state index in [1.165, 1.54) is 0 Å². The Morgan fingerprint density at radius 2 is 2.20 bits per heavy atom. The largest absolute Gasteiger partial charge is 0.574 e. The fourth-order valence-electron chi connectivity index (χ4n) is 0.373. The smallest absolute Gasteiger partial charge is 0.384 e. The molecule has 0 aliphatic heterocycles. The average molecular weight is 153 g/mol. The number of halogens is 3. The van der Waals surface area contributed by atoms with E-state index < -0.39 is 12.2 Å². The Hall–Kier alpha value is -1.20. The van der Waals surface area contributed by atoms with Crippen LogP contribution in [-0.4, -0.2) is 11.5 Å². The Morgan fingerprint density at radius 3 is 2.60 bits per heavy atom. The van der Waals surface area contributed by atoms with E-state index in [-0.39, 0.29) is 0 Å². The molecule has 0 bridgehead atoms. The quantitative estimate of drug-likeness (QED) is 0.614. The molecule has 0 saturated carbocycles. The van der Waals surface area contributed by atoms with Gasteiger partial charge in [-0.25, -0.2) is 0 Å². The van der Waals surface area contributed by atoms with Crippen LogP contribution in [0.15, 0.2) is 16.9 Å². The number of aromatic nitrogens is 1. The summed E-state index contributed by atoms with van der Waals surface area (Å²) in [5, 5.41) is 2.88. The van der Waals surface area contributed by atoms with E-state index >= 15 is 0 Å². The zero-order valence-electron chi connectivity index (χ0n) is 4.55. The van der Waals surface area contributed by atoms with Gasteiger partial charge in [0.15, 0.2) is 0 Å². The van der Waals surface area contributed by atoms with Crippen molar-refractivity contribution >= 4 is 0 Å². The summed E-state index contributed by atoms with van der Waals surface area (Å²) in [7, 11) is 0. The lowest BCUT2D eigenvalue weighted by Crippen LogP contribution is -2.17. The molecule has 0 unspecified atom stereocenters. The summed E-state index contributed by atoms with van der Waals surface area (Å²) in [5.74, 6) is -0.590. The third-order valence-electron chi connectivity index (χ3n) is 0.634. The zero-order valence-corrected chi connectivity index (χ0v) is 4.55. The molecule has 0 aliphatic rings. The standard InChI is InChI=1S/C4H2F3NO2/c5-4(6,7)10-3-1-2-9-8-3/h1-2H. The Morgan fingerprint density at radius 1 is 1.50 bits per heavy atom. The molecule has 0 amide bonds. The van der Waals surface area contributed by atoms with Crippen molar-refractivity contribution in [2.45, 2.75) is 6.36 Å². The van der Waals surface area contributed by atoms with Crippen LogP contribution < -0.4 is 4.74 Å². The van der Waals surface area contributed by atoms with Crippen LogP contribution in [0.2, 0.25) is 0 Å². The van der Waals surface area contributed by atoms with Crippen molar-refractivity contribution in [3.05, 3.63) is 12.3 Å². The molecular formula is C4H2F3NO2. The van der Waals surface area contributed by atoms with E-state index in [0.717, 1.165) is 12.3 Å². The molecule has 0 aliphatic carbocycles. The predicted octanol–water partition coefficient (Wildman–Crippen LogP) is 1.57. The first-order valence-corrected chi connectivity index (χ1v) is 2.24.